The van der Waals surface area contributed by atoms with E-state index in [0.717, 1.165) is 50.6 Å². The lowest BCUT2D eigenvalue weighted by Crippen LogP contribution is -2.47. The van der Waals surface area contributed by atoms with Crippen molar-refractivity contribution in [3.63, 3.8) is 0 Å². The molecule has 1 aromatic heterocycles. The van der Waals surface area contributed by atoms with Gasteiger partial charge >= 0.3 is 0 Å². The monoisotopic (exact) mass is 451 g/mol. The van der Waals surface area contributed by atoms with Crippen molar-refractivity contribution in [2.24, 2.45) is 0 Å². The second-order valence-electron chi connectivity index (χ2n) is 7.93. The van der Waals surface area contributed by atoms with Crippen LogP contribution < -0.4 is 16.0 Å². The first-order valence-electron chi connectivity index (χ1n) is 10.7. The Labute approximate surface area is 192 Å². The van der Waals surface area contributed by atoms with Crippen molar-refractivity contribution in [1.29, 1.82) is 0 Å². The quantitative estimate of drug-likeness (QED) is 0.504. The molecule has 1 saturated heterocycles. The van der Waals surface area contributed by atoms with Crippen molar-refractivity contribution in [3.8, 4) is 0 Å². The third-order valence-corrected chi connectivity index (χ3v) is 6.59. The molecule has 8 heteroatoms. The first-order chi connectivity index (χ1) is 15.5. The molecule has 0 saturated carbocycles. The van der Waals surface area contributed by atoms with E-state index in [1.165, 1.54) is 17.0 Å². The molecule has 1 fully saturated rings. The van der Waals surface area contributed by atoms with Crippen LogP contribution in [0.4, 0.5) is 22.3 Å². The first kappa shape index (κ1) is 22.3. The van der Waals surface area contributed by atoms with Gasteiger partial charge in [0.2, 0.25) is 5.78 Å². The highest BCUT2D eigenvalue weighted by atomic mass is 32.1. The summed E-state index contributed by atoms with van der Waals surface area (Å²) in [5.74, 6) is 0.156. The lowest BCUT2D eigenvalue weighted by atomic mass is 10.1. The average Bonchev–Trinajstić information content (AvgIpc) is 3.18. The second-order valence-corrected chi connectivity index (χ2v) is 8.92. The van der Waals surface area contributed by atoms with E-state index >= 15 is 0 Å². The molecule has 2 aromatic carbocycles. The fourth-order valence-electron chi connectivity index (χ4n) is 3.79. The van der Waals surface area contributed by atoms with Crippen LogP contribution in [0, 0.1) is 6.92 Å². The summed E-state index contributed by atoms with van der Waals surface area (Å²) in [6.07, 6.45) is 0. The van der Waals surface area contributed by atoms with Crippen LogP contribution in [-0.2, 0) is 4.74 Å². The Morgan fingerprint density at radius 1 is 1.16 bits per heavy atom. The molecule has 32 heavy (non-hydrogen) atoms. The number of methoxy groups -OCH3 is 1. The molecule has 7 nitrogen and oxygen atoms in total. The number of ether oxygens (including phenoxy) is 1. The zero-order chi connectivity index (χ0) is 22.5. The lowest BCUT2D eigenvalue weighted by molar-refractivity contribution is 0.104. The van der Waals surface area contributed by atoms with E-state index in [1.54, 1.807) is 13.2 Å². The van der Waals surface area contributed by atoms with Crippen LogP contribution in [0.1, 0.15) is 20.8 Å². The third kappa shape index (κ3) is 5.27. The Hall–Kier alpha value is -2.94. The smallest absolute Gasteiger partial charge is 0.206 e. The second kappa shape index (κ2) is 10.1. The maximum Gasteiger partial charge on any atom is 0.206 e. The highest BCUT2D eigenvalue weighted by molar-refractivity contribution is 7.18. The van der Waals surface area contributed by atoms with Gasteiger partial charge in [-0.3, -0.25) is 9.69 Å². The van der Waals surface area contributed by atoms with Crippen molar-refractivity contribution < 1.29 is 9.53 Å². The number of ketones is 1. The topological polar surface area (TPSA) is 83.7 Å². The maximum atomic E-state index is 12.8. The molecule has 168 valence electrons. The number of benzene rings is 2. The van der Waals surface area contributed by atoms with Crippen molar-refractivity contribution >= 4 is 39.4 Å². The fraction of sp³-hybridized carbons (Fsp3) is 0.333. The minimum absolute atomic E-state index is 0.100. The first-order valence-corrected chi connectivity index (χ1v) is 11.6. The summed E-state index contributed by atoms with van der Waals surface area (Å²) in [6, 6.07) is 15.8. The van der Waals surface area contributed by atoms with Crippen molar-refractivity contribution in [1.82, 2.24) is 9.88 Å². The predicted octanol–water partition coefficient (Wildman–Crippen LogP) is 3.78. The van der Waals surface area contributed by atoms with Crippen LogP contribution in [-0.4, -0.2) is 62.1 Å². The third-order valence-electron chi connectivity index (χ3n) is 5.61. The summed E-state index contributed by atoms with van der Waals surface area (Å²) in [6.45, 7) is 7.82. The molecule has 2 heterocycles. The summed E-state index contributed by atoms with van der Waals surface area (Å²) in [5.41, 5.74) is 9.83. The van der Waals surface area contributed by atoms with Crippen LogP contribution in [0.25, 0.3) is 0 Å². The number of thiazole rings is 1. The number of piperazine rings is 1. The molecule has 0 bridgehead atoms. The van der Waals surface area contributed by atoms with Crippen LogP contribution in [0.2, 0.25) is 0 Å². The van der Waals surface area contributed by atoms with Crippen molar-refractivity contribution in [3.05, 3.63) is 64.5 Å². The number of hydrogen-bond acceptors (Lipinski definition) is 8. The summed E-state index contributed by atoms with van der Waals surface area (Å²) in [7, 11) is 1.74. The Morgan fingerprint density at radius 3 is 2.59 bits per heavy atom. The van der Waals surface area contributed by atoms with Gasteiger partial charge in [-0.1, -0.05) is 35.1 Å². The van der Waals surface area contributed by atoms with E-state index in [-0.39, 0.29) is 11.6 Å². The van der Waals surface area contributed by atoms with Gasteiger partial charge in [0.25, 0.3) is 0 Å². The van der Waals surface area contributed by atoms with Gasteiger partial charge < -0.3 is 20.7 Å². The van der Waals surface area contributed by atoms with Gasteiger partial charge in [-0.15, -0.1) is 0 Å². The van der Waals surface area contributed by atoms with Crippen molar-refractivity contribution in [2.45, 2.75) is 6.92 Å². The number of aryl methyl sites for hydroxylation is 1. The minimum Gasteiger partial charge on any atom is -0.383 e. The van der Waals surface area contributed by atoms with E-state index in [2.05, 4.69) is 32.2 Å². The van der Waals surface area contributed by atoms with E-state index in [4.69, 9.17) is 10.5 Å². The fourth-order valence-corrected chi connectivity index (χ4v) is 4.66. The van der Waals surface area contributed by atoms with E-state index in [0.29, 0.717) is 15.6 Å². The van der Waals surface area contributed by atoms with Gasteiger partial charge in [0.05, 0.1) is 6.61 Å². The zero-order valence-corrected chi connectivity index (χ0v) is 19.3. The van der Waals surface area contributed by atoms with Gasteiger partial charge in [-0.25, -0.2) is 4.98 Å². The highest BCUT2D eigenvalue weighted by Crippen LogP contribution is 2.30. The van der Waals surface area contributed by atoms with Crippen LogP contribution >= 0.6 is 11.3 Å². The minimum atomic E-state index is -0.100. The van der Waals surface area contributed by atoms with Crippen molar-refractivity contribution in [2.75, 3.05) is 62.4 Å². The summed E-state index contributed by atoms with van der Waals surface area (Å²) in [4.78, 5) is 22.5. The van der Waals surface area contributed by atoms with E-state index in [1.807, 2.05) is 37.3 Å². The molecule has 1 aliphatic rings. The van der Waals surface area contributed by atoms with Gasteiger partial charge in [0, 0.05) is 56.8 Å². The Bertz CT molecular complexity index is 1060. The Kier molecular flexibility index (Phi) is 7.04. The molecule has 3 N–H and O–H groups in total. The molecule has 0 unspecified atom stereocenters. The molecule has 0 amide bonds. The highest BCUT2D eigenvalue weighted by Gasteiger charge is 2.19. The van der Waals surface area contributed by atoms with E-state index < -0.39 is 0 Å². The Balaban J connectivity index is 1.38. The molecular weight excluding hydrogens is 422 g/mol. The van der Waals surface area contributed by atoms with Crippen LogP contribution in [0.15, 0.2) is 48.5 Å². The number of nitrogens with zero attached hydrogens (tertiary/aromatic N) is 3. The molecule has 0 radical (unpaired) electrons. The van der Waals surface area contributed by atoms with Gasteiger partial charge in [-0.05, 0) is 37.3 Å². The molecule has 0 spiro atoms. The molecule has 0 atom stereocenters. The molecule has 3 aromatic rings. The summed E-state index contributed by atoms with van der Waals surface area (Å²) >= 11 is 1.28. The summed E-state index contributed by atoms with van der Waals surface area (Å²) < 4.78 is 5.17. The molecular formula is C24H29N5O2S. The number of rotatable bonds is 8. The largest absolute Gasteiger partial charge is 0.383 e. The van der Waals surface area contributed by atoms with Crippen LogP contribution in [0.3, 0.4) is 0 Å². The number of hydrogen-bond donors (Lipinski definition) is 2. The number of nitrogen functional groups attached to an aromatic ring is 1. The predicted molar refractivity (Wildman–Crippen MR) is 131 cm³/mol. The lowest BCUT2D eigenvalue weighted by Gasteiger charge is -2.36. The number of aromatic nitrogens is 1. The zero-order valence-electron chi connectivity index (χ0n) is 18.5. The SMILES string of the molecule is COCCN1CCN(c2ccc(Nc3nc(N)c(C(=O)c4cccc(C)c4)s3)cc2)CC1. The number of nitrogens with two attached hydrogens (primary N) is 1. The molecule has 0 aliphatic carbocycles. The molecule has 4 rings (SSSR count). The van der Waals surface area contributed by atoms with Gasteiger partial charge in [0.1, 0.15) is 10.7 Å². The van der Waals surface area contributed by atoms with Gasteiger partial charge in [-0.2, -0.15) is 0 Å². The number of carbonyl (C=O) groups excluding carboxylic acids is 1. The number of anilines is 4. The summed E-state index contributed by atoms with van der Waals surface area (Å²) in [5, 5.41) is 3.89. The average molecular weight is 452 g/mol. The number of nitrogens with one attached hydrogen (secondary N) is 1. The molecule has 1 aliphatic heterocycles. The number of carbonyl (C=O) groups is 1. The van der Waals surface area contributed by atoms with Gasteiger partial charge in [0.15, 0.2) is 5.13 Å². The van der Waals surface area contributed by atoms with Crippen LogP contribution in [0.5, 0.6) is 0 Å². The standard InChI is InChI=1S/C24H29N5O2S/c1-17-4-3-5-18(16-17)21(30)22-23(25)27-24(32-22)26-19-6-8-20(9-7-19)29-12-10-28(11-13-29)14-15-31-2/h3-9,16H,10-15,25H2,1-2H3,(H,26,27). The normalized spacial score (nSPS) is 14.5. The Morgan fingerprint density at radius 2 is 1.91 bits per heavy atom. The van der Waals surface area contributed by atoms with E-state index in [9.17, 15) is 4.79 Å². The maximum absolute atomic E-state index is 12.8.